The van der Waals surface area contributed by atoms with Crippen LogP contribution in [0.15, 0.2) is 138 Å². The van der Waals surface area contributed by atoms with Crippen molar-refractivity contribution in [3.05, 3.63) is 162 Å². The van der Waals surface area contributed by atoms with E-state index in [9.17, 15) is 0 Å². The number of thiophene rings is 1. The van der Waals surface area contributed by atoms with Gasteiger partial charge in [-0.1, -0.05) is 124 Å². The van der Waals surface area contributed by atoms with E-state index >= 15 is 0 Å². The fourth-order valence-corrected chi connectivity index (χ4v) is 10.9. The number of benzene rings is 6. The molecule has 0 aliphatic rings. The Bertz CT molecular complexity index is 3780. The van der Waals surface area contributed by atoms with E-state index < -0.39 is 21.3 Å². The number of furan rings is 1. The Kier molecular flexibility index (Phi) is 9.00. The van der Waals surface area contributed by atoms with Crippen LogP contribution in [-0.4, -0.2) is 27.6 Å². The van der Waals surface area contributed by atoms with E-state index in [2.05, 4.69) is 132 Å². The van der Waals surface area contributed by atoms with E-state index in [0.29, 0.717) is 22.5 Å². The summed E-state index contributed by atoms with van der Waals surface area (Å²) < 4.78 is 67.1. The van der Waals surface area contributed by atoms with Crippen molar-refractivity contribution >= 4 is 88.6 Å². The first kappa shape index (κ1) is 33.8. The van der Waals surface area contributed by atoms with Crippen LogP contribution in [0.25, 0.3) is 92.4 Å². The summed E-state index contributed by atoms with van der Waals surface area (Å²) in [4.78, 5) is 14.3. The molecular weight excluding hydrogens is 973 g/mol. The molecule has 11 rings (SSSR count). The Balaban J connectivity index is 0.000000182. The van der Waals surface area contributed by atoms with E-state index in [1.54, 1.807) is 12.3 Å². The number of pyridine rings is 2. The molecule has 0 fully saturated rings. The van der Waals surface area contributed by atoms with E-state index in [1.807, 2.05) is 49.6 Å². The molecule has 11 aromatic rings. The van der Waals surface area contributed by atoms with Crippen molar-refractivity contribution in [3.8, 4) is 28.3 Å². The molecule has 309 valence electrons. The van der Waals surface area contributed by atoms with Crippen molar-refractivity contribution in [1.82, 2.24) is 19.5 Å². The quantitative estimate of drug-likeness (QED) is 0.123. The third-order valence-electron chi connectivity index (χ3n) is 11.0. The molecule has 0 N–H and O–H groups in total. The first-order valence-corrected chi connectivity index (χ1v) is 24.7. The van der Waals surface area contributed by atoms with E-state index in [0.717, 1.165) is 60.4 Å². The molecule has 0 bridgehead atoms. The number of para-hydroxylation sites is 2. The Hall–Kier alpha value is -5.76. The van der Waals surface area contributed by atoms with Crippen LogP contribution in [0.1, 0.15) is 40.1 Å². The minimum atomic E-state index is -2.56. The SMILES string of the molecule is Cc1ccc(-n2c(-c3[c-]ccc4c3oc3ncc5ccccc5c34)nc3ccccc32)c2sc3ccccc3c12.[2H]c1[c-]c(-c2cc(C([2H])([2H])C(C)C)c([Si](C)(C)C)cn2)cc([2H])c1C([2H])([2H])[2H].[Ir]. The summed E-state index contributed by atoms with van der Waals surface area (Å²) >= 11 is 1.83. The third-order valence-corrected chi connectivity index (χ3v) is 14.2. The third kappa shape index (κ3) is 7.39. The smallest absolute Gasteiger partial charge is 0.216 e. The molecule has 0 spiro atoms. The van der Waals surface area contributed by atoms with Crippen molar-refractivity contribution in [3.63, 3.8) is 0 Å². The molecule has 0 unspecified atom stereocenters. The van der Waals surface area contributed by atoms with Gasteiger partial charge in [0.15, 0.2) is 0 Å². The van der Waals surface area contributed by atoms with Gasteiger partial charge in [-0.05, 0) is 65.3 Å². The second-order valence-electron chi connectivity index (χ2n) is 16.7. The molecule has 0 atom stereocenters. The maximum Gasteiger partial charge on any atom is 0.216 e. The van der Waals surface area contributed by atoms with E-state index in [4.69, 9.17) is 19.0 Å². The fraction of sp³-hybridized carbons (Fsp3) is 0.167. The molecule has 1 radical (unpaired) electrons. The van der Waals surface area contributed by atoms with Gasteiger partial charge in [0.05, 0.1) is 40.9 Å². The number of imidazole rings is 1. The predicted octanol–water partition coefficient (Wildman–Crippen LogP) is 14.2. The number of rotatable bonds is 6. The standard InChI is InChI=1S/C35H20N3OS.C19H26NSi.Ir/c1-20-17-18-28(33-30(20)23-11-4-7-16-29(23)40-33)38-27-15-6-5-14-26(27)37-34(38)25-13-8-12-24-31-22-10-3-2-9-21(22)19-36-35(31)39-32(24)25;1-14(2)11-17-12-18(16-9-7-15(3)8-10-16)20-13-19(17)21(4,5)6;/h2-12,14-19H,1H3;7-9,12-14H,11H2,1-6H3;/q2*-1;/i;3D3,7D,8D,11D2;. The van der Waals surface area contributed by atoms with Crippen molar-refractivity contribution in [1.29, 1.82) is 0 Å². The number of nitrogens with zero attached hydrogens (tertiary/aromatic N) is 4. The van der Waals surface area contributed by atoms with Crippen LogP contribution in [0.2, 0.25) is 19.6 Å². The minimum absolute atomic E-state index is 0. The van der Waals surface area contributed by atoms with Gasteiger partial charge in [-0.2, -0.15) is 0 Å². The number of aromatic nitrogens is 4. The van der Waals surface area contributed by atoms with Crippen molar-refractivity contribution in [2.45, 2.75) is 53.6 Å². The molecule has 6 aromatic carbocycles. The number of hydrogen-bond donors (Lipinski definition) is 0. The zero-order valence-corrected chi connectivity index (χ0v) is 39.3. The predicted molar refractivity (Wildman–Crippen MR) is 260 cm³/mol. The summed E-state index contributed by atoms with van der Waals surface area (Å²) in [7, 11) is -1.87. The normalized spacial score (nSPS) is 14.0. The van der Waals surface area contributed by atoms with Gasteiger partial charge in [-0.25, -0.2) is 4.98 Å². The molecule has 0 saturated carbocycles. The molecule has 62 heavy (non-hydrogen) atoms. The molecule has 5 heterocycles. The van der Waals surface area contributed by atoms with Crippen LogP contribution < -0.4 is 5.19 Å². The summed E-state index contributed by atoms with van der Waals surface area (Å²) in [5.74, 6) is 0.552. The molecule has 8 heteroatoms. The van der Waals surface area contributed by atoms with Gasteiger partial charge in [0, 0.05) is 68.3 Å². The summed E-state index contributed by atoms with van der Waals surface area (Å²) in [6.45, 7) is 9.68. The van der Waals surface area contributed by atoms with E-state index in [1.165, 1.54) is 31.8 Å². The maximum atomic E-state index is 8.60. The van der Waals surface area contributed by atoms with Gasteiger partial charge in [-0.15, -0.1) is 64.9 Å². The largest absolute Gasteiger partial charge is 0.486 e. The number of hydrogen-bond acceptors (Lipinski definition) is 5. The Morgan fingerprint density at radius 1 is 0.871 bits per heavy atom. The summed E-state index contributed by atoms with van der Waals surface area (Å²) in [5, 5.41) is 7.76. The van der Waals surface area contributed by atoms with Crippen LogP contribution in [0.3, 0.4) is 0 Å². The Labute approximate surface area is 390 Å². The van der Waals surface area contributed by atoms with Crippen LogP contribution in [-0.2, 0) is 26.5 Å². The number of fused-ring (bicyclic) bond motifs is 9. The molecular formula is C54H46IrN4OSSi-2. The van der Waals surface area contributed by atoms with Gasteiger partial charge < -0.3 is 14.0 Å². The van der Waals surface area contributed by atoms with Gasteiger partial charge in [-0.3, -0.25) is 4.98 Å². The topological polar surface area (TPSA) is 56.7 Å². The molecule has 5 nitrogen and oxygen atoms in total. The zero-order valence-electron chi connectivity index (χ0n) is 42.1. The molecule has 5 aromatic heterocycles. The fourth-order valence-electron chi connectivity index (χ4n) is 8.24. The van der Waals surface area contributed by atoms with Crippen LogP contribution in [0.4, 0.5) is 0 Å². The van der Waals surface area contributed by atoms with Gasteiger partial charge >= 0.3 is 0 Å². The van der Waals surface area contributed by atoms with Crippen LogP contribution in [0.5, 0.6) is 0 Å². The second kappa shape index (κ2) is 16.5. The molecule has 0 aliphatic heterocycles. The zero-order chi connectivity index (χ0) is 48.0. The van der Waals surface area contributed by atoms with Crippen molar-refractivity contribution in [2.24, 2.45) is 5.92 Å². The maximum absolute atomic E-state index is 8.60. The molecule has 0 saturated heterocycles. The molecule has 0 amide bonds. The summed E-state index contributed by atoms with van der Waals surface area (Å²) in [6, 6.07) is 42.4. The Morgan fingerprint density at radius 2 is 1.66 bits per heavy atom. The van der Waals surface area contributed by atoms with Crippen molar-refractivity contribution < 1.29 is 34.1 Å². The van der Waals surface area contributed by atoms with Crippen molar-refractivity contribution in [2.75, 3.05) is 0 Å². The monoisotopic (exact) mass is 1030 g/mol. The van der Waals surface area contributed by atoms with Crippen LogP contribution in [0, 0.1) is 31.8 Å². The number of aryl methyl sites for hydroxylation is 1. The first-order valence-electron chi connectivity index (χ1n) is 23.9. The van der Waals surface area contributed by atoms with E-state index in [-0.39, 0.29) is 43.7 Å². The minimum Gasteiger partial charge on any atom is -0.486 e. The summed E-state index contributed by atoms with van der Waals surface area (Å²) in [5.41, 5.74) is 7.49. The first-order chi connectivity index (χ1) is 32.3. The van der Waals surface area contributed by atoms with Gasteiger partial charge in [0.2, 0.25) is 5.71 Å². The summed E-state index contributed by atoms with van der Waals surface area (Å²) in [6.07, 6.45) is 2.00. The van der Waals surface area contributed by atoms with Gasteiger partial charge in [0.1, 0.15) is 0 Å². The average molecular weight is 1030 g/mol. The van der Waals surface area contributed by atoms with Gasteiger partial charge in [0.25, 0.3) is 0 Å². The molecule has 0 aliphatic carbocycles. The van der Waals surface area contributed by atoms with Crippen LogP contribution >= 0.6 is 11.3 Å². The average Bonchev–Trinajstić information content (AvgIpc) is 4.01. The second-order valence-corrected chi connectivity index (χ2v) is 22.8. The Morgan fingerprint density at radius 3 is 2.47 bits per heavy atom.